The lowest BCUT2D eigenvalue weighted by molar-refractivity contribution is -0.136. The van der Waals surface area contributed by atoms with Crippen LogP contribution in [0.5, 0.6) is 0 Å². The van der Waals surface area contributed by atoms with Crippen LogP contribution in [-0.4, -0.2) is 62.7 Å². The first-order valence-corrected chi connectivity index (χ1v) is 8.81. The number of hydrogen-bond acceptors (Lipinski definition) is 4. The number of likely N-dealkylation sites (tertiary alicyclic amines) is 1. The van der Waals surface area contributed by atoms with Gasteiger partial charge in [-0.1, -0.05) is 24.3 Å². The van der Waals surface area contributed by atoms with Crippen molar-refractivity contribution in [3.05, 3.63) is 35.4 Å². The van der Waals surface area contributed by atoms with Gasteiger partial charge in [-0.15, -0.1) is 0 Å². The van der Waals surface area contributed by atoms with Crippen molar-refractivity contribution in [1.82, 2.24) is 15.5 Å². The van der Waals surface area contributed by atoms with Gasteiger partial charge in [0.15, 0.2) is 0 Å². The van der Waals surface area contributed by atoms with Gasteiger partial charge in [0, 0.05) is 20.7 Å². The summed E-state index contributed by atoms with van der Waals surface area (Å²) < 4.78 is 5.28. The Morgan fingerprint density at radius 2 is 2.08 bits per heavy atom. The van der Waals surface area contributed by atoms with Crippen molar-refractivity contribution in [2.45, 2.75) is 31.7 Å². The summed E-state index contributed by atoms with van der Waals surface area (Å²) in [6.45, 7) is 3.90. The summed E-state index contributed by atoms with van der Waals surface area (Å²) in [6, 6.07) is 8.18. The average molecular weight is 347 g/mol. The van der Waals surface area contributed by atoms with Crippen molar-refractivity contribution < 1.29 is 14.3 Å². The van der Waals surface area contributed by atoms with Crippen LogP contribution in [0.1, 0.15) is 24.0 Å². The van der Waals surface area contributed by atoms with E-state index in [1.165, 1.54) is 11.1 Å². The molecule has 1 aromatic rings. The molecule has 0 aliphatic carbocycles. The SMILES string of the molecule is CNC(=O)C1(COC)CCCN1CC(=O)NCCc1ccccc1C. The summed E-state index contributed by atoms with van der Waals surface area (Å²) in [7, 11) is 3.21. The van der Waals surface area contributed by atoms with Crippen LogP contribution in [-0.2, 0) is 20.7 Å². The van der Waals surface area contributed by atoms with Gasteiger partial charge in [0.25, 0.3) is 0 Å². The molecule has 1 aromatic carbocycles. The minimum Gasteiger partial charge on any atom is -0.382 e. The van der Waals surface area contributed by atoms with E-state index in [0.29, 0.717) is 19.6 Å². The van der Waals surface area contributed by atoms with E-state index < -0.39 is 5.54 Å². The molecule has 1 heterocycles. The summed E-state index contributed by atoms with van der Waals surface area (Å²) in [5, 5.41) is 5.68. The third kappa shape index (κ3) is 4.58. The van der Waals surface area contributed by atoms with Crippen LogP contribution in [0.4, 0.5) is 0 Å². The van der Waals surface area contributed by atoms with Crippen molar-refractivity contribution in [3.63, 3.8) is 0 Å². The molecule has 0 aromatic heterocycles. The standard InChI is InChI=1S/C19H29N3O3/c1-15-7-4-5-8-16(15)9-11-21-17(23)13-22-12-6-10-19(22,14-25-3)18(24)20-2/h4-5,7-8H,6,9-14H2,1-3H3,(H,20,24)(H,21,23). The summed E-state index contributed by atoms with van der Waals surface area (Å²) in [6.07, 6.45) is 2.39. The van der Waals surface area contributed by atoms with Gasteiger partial charge in [-0.05, 0) is 43.9 Å². The normalized spacial score (nSPS) is 20.4. The number of nitrogens with one attached hydrogen (secondary N) is 2. The highest BCUT2D eigenvalue weighted by Gasteiger charge is 2.47. The van der Waals surface area contributed by atoms with Crippen molar-refractivity contribution in [2.24, 2.45) is 0 Å². The Morgan fingerprint density at radius 1 is 1.32 bits per heavy atom. The Labute approximate surface area is 149 Å². The van der Waals surface area contributed by atoms with E-state index in [9.17, 15) is 9.59 Å². The number of aryl methyl sites for hydroxylation is 1. The van der Waals surface area contributed by atoms with Gasteiger partial charge in [0.1, 0.15) is 5.54 Å². The van der Waals surface area contributed by atoms with Gasteiger partial charge >= 0.3 is 0 Å². The molecule has 0 saturated carbocycles. The predicted octanol–water partition coefficient (Wildman–Crippen LogP) is 0.881. The zero-order valence-electron chi connectivity index (χ0n) is 15.4. The number of amides is 2. The fraction of sp³-hybridized carbons (Fsp3) is 0.579. The summed E-state index contributed by atoms with van der Waals surface area (Å²) in [5.74, 6) is -0.139. The number of ether oxygens (including phenoxy) is 1. The lowest BCUT2D eigenvalue weighted by Crippen LogP contribution is -2.59. The van der Waals surface area contributed by atoms with Gasteiger partial charge in [0.2, 0.25) is 11.8 Å². The third-order valence-corrected chi connectivity index (χ3v) is 4.97. The number of benzene rings is 1. The maximum atomic E-state index is 12.4. The monoisotopic (exact) mass is 347 g/mol. The maximum Gasteiger partial charge on any atom is 0.242 e. The second kappa shape index (κ2) is 8.97. The molecule has 2 amide bonds. The van der Waals surface area contributed by atoms with Gasteiger partial charge in [-0.2, -0.15) is 0 Å². The highest BCUT2D eigenvalue weighted by atomic mass is 16.5. The predicted molar refractivity (Wildman–Crippen MR) is 97.4 cm³/mol. The van der Waals surface area contributed by atoms with Gasteiger partial charge in [-0.25, -0.2) is 0 Å². The lowest BCUT2D eigenvalue weighted by atomic mass is 9.96. The second-order valence-electron chi connectivity index (χ2n) is 6.60. The Hall–Kier alpha value is -1.92. The number of hydrogen-bond donors (Lipinski definition) is 2. The van der Waals surface area contributed by atoms with E-state index in [1.807, 2.05) is 17.0 Å². The Balaban J connectivity index is 1.90. The van der Waals surface area contributed by atoms with Gasteiger partial charge in [-0.3, -0.25) is 14.5 Å². The van der Waals surface area contributed by atoms with Crippen LogP contribution < -0.4 is 10.6 Å². The number of carbonyl (C=O) groups excluding carboxylic acids is 2. The molecule has 0 bridgehead atoms. The van der Waals surface area contributed by atoms with Crippen LogP contribution >= 0.6 is 0 Å². The van der Waals surface area contributed by atoms with Gasteiger partial charge in [0.05, 0.1) is 13.2 Å². The third-order valence-electron chi connectivity index (χ3n) is 4.97. The van der Waals surface area contributed by atoms with Crippen molar-refractivity contribution >= 4 is 11.8 Å². The highest BCUT2D eigenvalue weighted by molar-refractivity contribution is 5.88. The smallest absolute Gasteiger partial charge is 0.242 e. The van der Waals surface area contributed by atoms with Crippen LogP contribution in [0.15, 0.2) is 24.3 Å². The van der Waals surface area contributed by atoms with E-state index >= 15 is 0 Å². The van der Waals surface area contributed by atoms with Crippen molar-refractivity contribution in [1.29, 1.82) is 0 Å². The molecule has 6 nitrogen and oxygen atoms in total. The van der Waals surface area contributed by atoms with Crippen molar-refractivity contribution in [3.8, 4) is 0 Å². The quantitative estimate of drug-likeness (QED) is 0.732. The number of methoxy groups -OCH3 is 1. The Morgan fingerprint density at radius 3 is 2.76 bits per heavy atom. The van der Waals surface area contributed by atoms with Crippen LogP contribution in [0.2, 0.25) is 0 Å². The van der Waals surface area contributed by atoms with Crippen molar-refractivity contribution in [2.75, 3.05) is 40.4 Å². The lowest BCUT2D eigenvalue weighted by Gasteiger charge is -2.35. The molecule has 1 aliphatic heterocycles. The van der Waals surface area contributed by atoms with Crippen LogP contribution in [0.3, 0.4) is 0 Å². The fourth-order valence-electron chi connectivity index (χ4n) is 3.58. The largest absolute Gasteiger partial charge is 0.382 e. The molecule has 138 valence electrons. The molecule has 1 saturated heterocycles. The number of carbonyl (C=O) groups is 2. The molecule has 1 aliphatic rings. The number of likely N-dealkylation sites (N-methyl/N-ethyl adjacent to an activating group) is 1. The number of nitrogens with zero attached hydrogens (tertiary/aromatic N) is 1. The summed E-state index contributed by atoms with van der Waals surface area (Å²) in [5.41, 5.74) is 1.73. The molecule has 2 rings (SSSR count). The minimum atomic E-state index is -0.739. The fourth-order valence-corrected chi connectivity index (χ4v) is 3.58. The van der Waals surface area contributed by atoms with E-state index in [2.05, 4.69) is 29.7 Å². The van der Waals surface area contributed by atoms with E-state index in [-0.39, 0.29) is 18.4 Å². The molecule has 1 fully saturated rings. The molecule has 6 heteroatoms. The summed E-state index contributed by atoms with van der Waals surface area (Å²) >= 11 is 0. The molecular formula is C19H29N3O3. The first kappa shape index (κ1) is 19.4. The number of rotatable bonds is 8. The van der Waals surface area contributed by atoms with E-state index in [4.69, 9.17) is 4.74 Å². The van der Waals surface area contributed by atoms with Crippen LogP contribution in [0.25, 0.3) is 0 Å². The van der Waals surface area contributed by atoms with Gasteiger partial charge < -0.3 is 15.4 Å². The molecule has 1 unspecified atom stereocenters. The zero-order chi connectivity index (χ0) is 18.3. The average Bonchev–Trinajstić information content (AvgIpc) is 2.99. The van der Waals surface area contributed by atoms with E-state index in [0.717, 1.165) is 19.4 Å². The summed E-state index contributed by atoms with van der Waals surface area (Å²) in [4.78, 5) is 26.7. The molecule has 0 radical (unpaired) electrons. The zero-order valence-corrected chi connectivity index (χ0v) is 15.4. The first-order valence-electron chi connectivity index (χ1n) is 8.81. The molecular weight excluding hydrogens is 318 g/mol. The molecule has 2 N–H and O–H groups in total. The molecule has 0 spiro atoms. The Kier molecular flexibility index (Phi) is 6.96. The van der Waals surface area contributed by atoms with Crippen LogP contribution in [0, 0.1) is 6.92 Å². The topological polar surface area (TPSA) is 70.7 Å². The van der Waals surface area contributed by atoms with E-state index in [1.54, 1.807) is 14.2 Å². The second-order valence-corrected chi connectivity index (χ2v) is 6.60. The molecule has 25 heavy (non-hydrogen) atoms. The molecule has 1 atom stereocenters. The highest BCUT2D eigenvalue weighted by Crippen LogP contribution is 2.29. The first-order chi connectivity index (χ1) is 12.0. The Bertz CT molecular complexity index is 605. The maximum absolute atomic E-state index is 12.4. The minimum absolute atomic E-state index is 0.0557.